The number of nitro groups is 1. The number of aryl methyl sites for hydroxylation is 1. The lowest BCUT2D eigenvalue weighted by atomic mass is 10.1. The van der Waals surface area contributed by atoms with Crippen LogP contribution in [0.5, 0.6) is 0 Å². The summed E-state index contributed by atoms with van der Waals surface area (Å²) in [4.78, 5) is 19.9. The highest BCUT2D eigenvalue weighted by atomic mass is 35.5. The molecular weight excluding hydrogens is 294 g/mol. The summed E-state index contributed by atoms with van der Waals surface area (Å²) in [6.45, 7) is 1.99. The van der Waals surface area contributed by atoms with E-state index in [4.69, 9.17) is 11.6 Å². The number of nitrogens with one attached hydrogen (secondary N) is 1. The third-order valence-electron chi connectivity index (χ3n) is 2.89. The summed E-state index contributed by atoms with van der Waals surface area (Å²) < 4.78 is 0. The number of nitrogens with zero attached hydrogens (tertiary/aromatic N) is 4. The van der Waals surface area contributed by atoms with Crippen molar-refractivity contribution in [2.75, 3.05) is 24.3 Å². The average molecular weight is 308 g/mol. The molecule has 0 saturated carbocycles. The molecule has 2 aromatic rings. The minimum Gasteiger partial charge on any atom is -0.377 e. The molecule has 0 unspecified atom stereocenters. The first-order chi connectivity index (χ1) is 9.88. The molecule has 7 nitrogen and oxygen atoms in total. The number of halogens is 1. The van der Waals surface area contributed by atoms with Gasteiger partial charge >= 0.3 is 5.69 Å². The summed E-state index contributed by atoms with van der Waals surface area (Å²) in [5.41, 5.74) is 2.55. The van der Waals surface area contributed by atoms with Crippen LogP contribution in [0, 0.1) is 17.0 Å². The molecule has 0 amide bonds. The lowest BCUT2D eigenvalue weighted by molar-refractivity contribution is -0.384. The van der Waals surface area contributed by atoms with Crippen molar-refractivity contribution < 1.29 is 4.92 Å². The van der Waals surface area contributed by atoms with Crippen molar-refractivity contribution in [2.45, 2.75) is 6.92 Å². The number of rotatable bonds is 4. The Balaban J connectivity index is 2.40. The molecule has 0 spiro atoms. The maximum Gasteiger partial charge on any atom is 0.329 e. The molecule has 1 heterocycles. The Morgan fingerprint density at radius 2 is 2.10 bits per heavy atom. The molecule has 2 rings (SSSR count). The van der Waals surface area contributed by atoms with Gasteiger partial charge in [-0.05, 0) is 36.2 Å². The van der Waals surface area contributed by atoms with Crippen LogP contribution in [0.1, 0.15) is 5.56 Å². The van der Waals surface area contributed by atoms with E-state index < -0.39 is 4.92 Å². The van der Waals surface area contributed by atoms with E-state index in [2.05, 4.69) is 15.3 Å². The fourth-order valence-corrected chi connectivity index (χ4v) is 2.02. The Morgan fingerprint density at radius 1 is 1.38 bits per heavy atom. The Morgan fingerprint density at radius 3 is 2.71 bits per heavy atom. The molecule has 1 aromatic carbocycles. The Hall–Kier alpha value is -2.41. The van der Waals surface area contributed by atoms with Gasteiger partial charge in [-0.1, -0.05) is 6.07 Å². The normalized spacial score (nSPS) is 10.3. The van der Waals surface area contributed by atoms with E-state index in [0.29, 0.717) is 5.69 Å². The van der Waals surface area contributed by atoms with Crippen molar-refractivity contribution in [1.29, 1.82) is 0 Å². The average Bonchev–Trinajstić information content (AvgIpc) is 2.40. The van der Waals surface area contributed by atoms with Gasteiger partial charge in [0.15, 0.2) is 0 Å². The summed E-state index contributed by atoms with van der Waals surface area (Å²) in [5.74, 6) is 0.0635. The zero-order valence-corrected chi connectivity index (χ0v) is 12.5. The molecule has 0 aliphatic heterocycles. The van der Waals surface area contributed by atoms with Crippen LogP contribution in [0.2, 0.25) is 5.28 Å². The molecule has 0 aliphatic carbocycles. The van der Waals surface area contributed by atoms with Gasteiger partial charge in [0.2, 0.25) is 11.1 Å². The van der Waals surface area contributed by atoms with Gasteiger partial charge in [-0.15, -0.1) is 0 Å². The van der Waals surface area contributed by atoms with Crippen molar-refractivity contribution in [3.8, 4) is 0 Å². The second kappa shape index (κ2) is 5.92. The Labute approximate surface area is 126 Å². The van der Waals surface area contributed by atoms with E-state index >= 15 is 0 Å². The predicted octanol–water partition coefficient (Wildman–Crippen LogP) is 3.16. The van der Waals surface area contributed by atoms with Crippen molar-refractivity contribution in [2.24, 2.45) is 0 Å². The quantitative estimate of drug-likeness (QED) is 0.530. The van der Waals surface area contributed by atoms with E-state index in [-0.39, 0.29) is 16.8 Å². The maximum atomic E-state index is 11.0. The lowest BCUT2D eigenvalue weighted by Gasteiger charge is -2.17. The monoisotopic (exact) mass is 307 g/mol. The van der Waals surface area contributed by atoms with Gasteiger partial charge < -0.3 is 10.2 Å². The van der Waals surface area contributed by atoms with Crippen LogP contribution in [0.15, 0.2) is 24.4 Å². The number of anilines is 3. The molecule has 0 fully saturated rings. The van der Waals surface area contributed by atoms with Crippen LogP contribution >= 0.6 is 11.6 Å². The summed E-state index contributed by atoms with van der Waals surface area (Å²) in [5, 5.41) is 13.8. The zero-order valence-electron chi connectivity index (χ0n) is 11.8. The standard InChI is InChI=1S/C13H14ClN5O2/c1-8-4-5-9(6-10(8)18(2)3)16-12-11(19(20)21)7-15-13(14)17-12/h4-7H,1-3H3,(H,15,16,17). The van der Waals surface area contributed by atoms with Crippen molar-refractivity contribution >= 4 is 34.5 Å². The first-order valence-corrected chi connectivity index (χ1v) is 6.48. The fraction of sp³-hybridized carbons (Fsp3) is 0.231. The van der Waals surface area contributed by atoms with E-state index in [0.717, 1.165) is 17.4 Å². The van der Waals surface area contributed by atoms with Crippen LogP contribution in [0.4, 0.5) is 22.9 Å². The third-order valence-corrected chi connectivity index (χ3v) is 3.07. The van der Waals surface area contributed by atoms with Crippen LogP contribution in [-0.4, -0.2) is 29.0 Å². The summed E-state index contributed by atoms with van der Waals surface area (Å²) >= 11 is 5.70. The molecule has 0 atom stereocenters. The minimum absolute atomic E-state index is 0.0527. The van der Waals surface area contributed by atoms with Crippen LogP contribution < -0.4 is 10.2 Å². The molecule has 0 saturated heterocycles. The summed E-state index contributed by atoms with van der Waals surface area (Å²) in [7, 11) is 3.85. The van der Waals surface area contributed by atoms with Crippen LogP contribution in [-0.2, 0) is 0 Å². The highest BCUT2D eigenvalue weighted by molar-refractivity contribution is 6.28. The van der Waals surface area contributed by atoms with E-state index in [1.165, 1.54) is 0 Å². The summed E-state index contributed by atoms with van der Waals surface area (Å²) in [6.07, 6.45) is 1.08. The lowest BCUT2D eigenvalue weighted by Crippen LogP contribution is -2.10. The van der Waals surface area contributed by atoms with E-state index in [1.54, 1.807) is 0 Å². The largest absolute Gasteiger partial charge is 0.377 e. The highest BCUT2D eigenvalue weighted by Crippen LogP contribution is 2.28. The molecule has 0 bridgehead atoms. The fourth-order valence-electron chi connectivity index (χ4n) is 1.89. The number of hydrogen-bond acceptors (Lipinski definition) is 6. The van der Waals surface area contributed by atoms with Gasteiger partial charge in [0.1, 0.15) is 6.20 Å². The third kappa shape index (κ3) is 3.38. The zero-order chi connectivity index (χ0) is 15.6. The van der Waals surface area contributed by atoms with Crippen molar-refractivity contribution in [3.63, 3.8) is 0 Å². The van der Waals surface area contributed by atoms with E-state index in [9.17, 15) is 10.1 Å². The topological polar surface area (TPSA) is 84.2 Å². The molecule has 110 valence electrons. The summed E-state index contributed by atoms with van der Waals surface area (Å²) in [6, 6.07) is 5.63. The molecule has 1 N–H and O–H groups in total. The Kier molecular flexibility index (Phi) is 4.23. The second-order valence-electron chi connectivity index (χ2n) is 4.65. The Bertz CT molecular complexity index is 690. The molecule has 8 heteroatoms. The van der Waals surface area contributed by atoms with Crippen molar-refractivity contribution in [3.05, 3.63) is 45.4 Å². The number of hydrogen-bond donors (Lipinski definition) is 1. The minimum atomic E-state index is -0.556. The number of benzene rings is 1. The molecule has 0 radical (unpaired) electrons. The predicted molar refractivity (Wildman–Crippen MR) is 82.5 cm³/mol. The van der Waals surface area contributed by atoms with Crippen LogP contribution in [0.25, 0.3) is 0 Å². The SMILES string of the molecule is Cc1ccc(Nc2nc(Cl)ncc2[N+](=O)[O-])cc1N(C)C. The first-order valence-electron chi connectivity index (χ1n) is 6.10. The second-order valence-corrected chi connectivity index (χ2v) is 4.99. The number of aromatic nitrogens is 2. The van der Waals surface area contributed by atoms with Gasteiger partial charge in [0.05, 0.1) is 4.92 Å². The van der Waals surface area contributed by atoms with Gasteiger partial charge in [-0.25, -0.2) is 4.98 Å². The first kappa shape index (κ1) is 15.0. The van der Waals surface area contributed by atoms with E-state index in [1.807, 2.05) is 44.1 Å². The smallest absolute Gasteiger partial charge is 0.329 e. The molecule has 0 aliphatic rings. The van der Waals surface area contributed by atoms with Gasteiger partial charge in [0, 0.05) is 25.5 Å². The van der Waals surface area contributed by atoms with Crippen LogP contribution in [0.3, 0.4) is 0 Å². The molecule has 21 heavy (non-hydrogen) atoms. The van der Waals surface area contributed by atoms with Gasteiger partial charge in [-0.3, -0.25) is 10.1 Å². The highest BCUT2D eigenvalue weighted by Gasteiger charge is 2.17. The maximum absolute atomic E-state index is 11.0. The van der Waals surface area contributed by atoms with Crippen molar-refractivity contribution in [1.82, 2.24) is 9.97 Å². The van der Waals surface area contributed by atoms with Gasteiger partial charge in [0.25, 0.3) is 0 Å². The molecule has 1 aromatic heterocycles. The van der Waals surface area contributed by atoms with Gasteiger partial charge in [-0.2, -0.15) is 4.98 Å². The molecular formula is C13H14ClN5O2.